The van der Waals surface area contributed by atoms with Gasteiger partial charge in [-0.05, 0) is 26.2 Å². The van der Waals surface area contributed by atoms with Crippen molar-refractivity contribution in [2.75, 3.05) is 23.0 Å². The monoisotopic (exact) mass is 435 g/mol. The van der Waals surface area contributed by atoms with E-state index in [1.165, 1.54) is 17.7 Å². The molecule has 3 aromatic rings. The Morgan fingerprint density at radius 2 is 2.03 bits per heavy atom. The number of hydrogen-bond acceptors (Lipinski definition) is 8. The van der Waals surface area contributed by atoms with Gasteiger partial charge in [0.1, 0.15) is 23.8 Å². The number of hydrogen-bond donors (Lipinski definition) is 1. The van der Waals surface area contributed by atoms with E-state index >= 15 is 0 Å². The van der Waals surface area contributed by atoms with Crippen LogP contribution >= 0.6 is 0 Å². The Hall–Kier alpha value is -3.50. The van der Waals surface area contributed by atoms with Gasteiger partial charge in [-0.15, -0.1) is 10.2 Å². The number of fused-ring (bicyclic) bond motifs is 3. The molecule has 1 aliphatic carbocycles. The first-order valence-electron chi connectivity index (χ1n) is 11.2. The van der Waals surface area contributed by atoms with E-state index in [4.69, 9.17) is 9.72 Å². The average Bonchev–Trinajstić information content (AvgIpc) is 3.60. The molecular weight excluding hydrogens is 410 g/mol. The minimum Gasteiger partial charge on any atom is -0.447 e. The Labute approximate surface area is 184 Å². The molecule has 5 heterocycles. The van der Waals surface area contributed by atoms with Crippen LogP contribution in [0.5, 0.6) is 0 Å². The Morgan fingerprint density at radius 1 is 1.19 bits per heavy atom. The second kappa shape index (κ2) is 7.28. The summed E-state index contributed by atoms with van der Waals surface area (Å²) in [4.78, 5) is 33.0. The second-order valence-electron chi connectivity index (χ2n) is 8.50. The summed E-state index contributed by atoms with van der Waals surface area (Å²) in [5.74, 6) is 3.68. The maximum Gasteiger partial charge on any atom is 0.416 e. The topological polar surface area (TPSA) is 118 Å². The van der Waals surface area contributed by atoms with Gasteiger partial charge in [0.05, 0.1) is 25.0 Å². The number of aromatic amines is 1. The number of aromatic nitrogens is 7. The summed E-state index contributed by atoms with van der Waals surface area (Å²) in [6, 6.07) is 0.537. The summed E-state index contributed by atoms with van der Waals surface area (Å²) in [7, 11) is 0. The van der Waals surface area contributed by atoms with Gasteiger partial charge in [-0.1, -0.05) is 19.8 Å². The Balaban J connectivity index is 1.45. The van der Waals surface area contributed by atoms with Gasteiger partial charge >= 0.3 is 6.09 Å². The van der Waals surface area contributed by atoms with Gasteiger partial charge in [0.25, 0.3) is 0 Å². The predicted molar refractivity (Wildman–Crippen MR) is 116 cm³/mol. The minimum absolute atomic E-state index is 0.117. The molecule has 11 heteroatoms. The number of carbonyl (C=O) groups is 1. The van der Waals surface area contributed by atoms with Crippen LogP contribution in [0.15, 0.2) is 12.4 Å². The van der Waals surface area contributed by atoms with Crippen molar-refractivity contribution >= 4 is 17.9 Å². The molecule has 2 fully saturated rings. The van der Waals surface area contributed by atoms with Gasteiger partial charge in [0.15, 0.2) is 17.5 Å². The summed E-state index contributed by atoms with van der Waals surface area (Å²) >= 11 is 0. The summed E-state index contributed by atoms with van der Waals surface area (Å²) in [6.07, 6.45) is 8.78. The van der Waals surface area contributed by atoms with Crippen molar-refractivity contribution in [1.29, 1.82) is 0 Å². The molecule has 3 aromatic heterocycles. The molecule has 166 valence electrons. The number of anilines is 2. The van der Waals surface area contributed by atoms with E-state index in [0.717, 1.165) is 42.4 Å². The van der Waals surface area contributed by atoms with Gasteiger partial charge in [-0.3, -0.25) is 4.57 Å². The average molecular weight is 435 g/mol. The van der Waals surface area contributed by atoms with E-state index < -0.39 is 6.09 Å². The number of H-pyrrole nitrogens is 1. The fourth-order valence-electron chi connectivity index (χ4n) is 5.14. The molecular formula is C21H25N9O2. The van der Waals surface area contributed by atoms with Crippen LogP contribution in [0, 0.1) is 6.92 Å². The first-order chi connectivity index (χ1) is 15.7. The normalized spacial score (nSPS) is 20.6. The second-order valence-corrected chi connectivity index (χ2v) is 8.50. The number of carbonyl (C=O) groups excluding carboxylic acids is 1. The van der Waals surface area contributed by atoms with Crippen molar-refractivity contribution in [3.05, 3.63) is 24.0 Å². The van der Waals surface area contributed by atoms with E-state index in [1.54, 1.807) is 6.20 Å². The molecule has 1 saturated carbocycles. The van der Waals surface area contributed by atoms with Crippen LogP contribution in [0.25, 0.3) is 17.2 Å². The van der Waals surface area contributed by atoms with Crippen LogP contribution in [0.1, 0.15) is 56.7 Å². The van der Waals surface area contributed by atoms with Crippen LogP contribution in [-0.2, 0) is 4.74 Å². The fourth-order valence-corrected chi connectivity index (χ4v) is 5.14. The molecule has 0 bridgehead atoms. The van der Waals surface area contributed by atoms with Crippen LogP contribution in [0.4, 0.5) is 16.6 Å². The van der Waals surface area contributed by atoms with E-state index in [0.29, 0.717) is 36.7 Å². The number of nitrogens with one attached hydrogen (secondary N) is 1. The lowest BCUT2D eigenvalue weighted by molar-refractivity contribution is 0.181. The largest absolute Gasteiger partial charge is 0.447 e. The summed E-state index contributed by atoms with van der Waals surface area (Å²) in [6.45, 7) is 4.98. The zero-order valence-electron chi connectivity index (χ0n) is 18.2. The van der Waals surface area contributed by atoms with Crippen molar-refractivity contribution in [2.45, 2.75) is 58.0 Å². The number of imidazole rings is 1. The van der Waals surface area contributed by atoms with Crippen LogP contribution in [-0.4, -0.2) is 60.0 Å². The highest BCUT2D eigenvalue weighted by Gasteiger charge is 2.39. The molecule has 2 aliphatic heterocycles. The Kier molecular flexibility index (Phi) is 4.37. The molecule has 0 spiro atoms. The highest BCUT2D eigenvalue weighted by Crippen LogP contribution is 2.43. The third-order valence-corrected chi connectivity index (χ3v) is 6.64. The fraction of sp³-hybridized carbons (Fsp3) is 0.524. The molecule has 0 unspecified atom stereocenters. The van der Waals surface area contributed by atoms with Crippen molar-refractivity contribution in [3.63, 3.8) is 0 Å². The van der Waals surface area contributed by atoms with Crippen LogP contribution < -0.4 is 9.80 Å². The maximum absolute atomic E-state index is 11.9. The van der Waals surface area contributed by atoms with E-state index in [1.807, 2.05) is 13.1 Å². The first kappa shape index (κ1) is 19.2. The number of aryl methyl sites for hydroxylation is 1. The summed E-state index contributed by atoms with van der Waals surface area (Å²) in [5.41, 5.74) is 1.57. The van der Waals surface area contributed by atoms with Crippen LogP contribution in [0.2, 0.25) is 0 Å². The van der Waals surface area contributed by atoms with Crippen molar-refractivity contribution in [2.24, 2.45) is 0 Å². The zero-order chi connectivity index (χ0) is 21.8. The van der Waals surface area contributed by atoms with Gasteiger partial charge in [-0.2, -0.15) is 0 Å². The predicted octanol–water partition coefficient (Wildman–Crippen LogP) is 2.93. The van der Waals surface area contributed by atoms with Crippen molar-refractivity contribution in [1.82, 2.24) is 34.7 Å². The Bertz CT molecular complexity index is 1180. The molecule has 3 aliphatic rings. The van der Waals surface area contributed by atoms with Crippen molar-refractivity contribution < 1.29 is 9.53 Å². The third kappa shape index (κ3) is 2.80. The number of ether oxygens (including phenoxy) is 1. The molecule has 1 N–H and O–H groups in total. The molecule has 6 rings (SSSR count). The SMILES string of the molecule is CC[C@@H]1c2nnc(C)n2-c2cnc(-c3cnc(N4CCOC4=O)[nH]3)nc2N1C1CCCC1. The lowest BCUT2D eigenvalue weighted by Crippen LogP contribution is -2.42. The van der Waals surface area contributed by atoms with Gasteiger partial charge in [0.2, 0.25) is 5.95 Å². The standard InChI is InChI=1S/C21H25N9O2/c1-3-15-19-27-26-12(2)29(19)16-11-22-17(25-18(16)30(15)13-6-4-5-7-13)14-10-23-20(24-14)28-8-9-32-21(28)31/h10-11,13,15H,3-9H2,1-2H3,(H,23,24)/t15-/m1/s1. The van der Waals surface area contributed by atoms with Crippen LogP contribution in [0.3, 0.4) is 0 Å². The van der Waals surface area contributed by atoms with Crippen molar-refractivity contribution in [3.8, 4) is 17.2 Å². The molecule has 0 radical (unpaired) electrons. The maximum atomic E-state index is 11.9. The van der Waals surface area contributed by atoms with Gasteiger partial charge in [-0.25, -0.2) is 24.6 Å². The lowest BCUT2D eigenvalue weighted by atomic mass is 10.0. The first-order valence-corrected chi connectivity index (χ1v) is 11.2. The van der Waals surface area contributed by atoms with E-state index in [9.17, 15) is 4.79 Å². The number of rotatable bonds is 4. The van der Waals surface area contributed by atoms with Gasteiger partial charge in [0, 0.05) is 6.04 Å². The zero-order valence-corrected chi connectivity index (χ0v) is 18.2. The minimum atomic E-state index is -0.397. The molecule has 1 atom stereocenters. The molecule has 1 amide bonds. The highest BCUT2D eigenvalue weighted by atomic mass is 16.6. The highest BCUT2D eigenvalue weighted by molar-refractivity contribution is 5.87. The lowest BCUT2D eigenvalue weighted by Gasteiger charge is -2.41. The molecule has 32 heavy (non-hydrogen) atoms. The van der Waals surface area contributed by atoms with Gasteiger partial charge < -0.3 is 14.6 Å². The molecule has 0 aromatic carbocycles. The summed E-state index contributed by atoms with van der Waals surface area (Å²) in [5, 5.41) is 8.87. The van der Waals surface area contributed by atoms with E-state index in [-0.39, 0.29) is 6.04 Å². The summed E-state index contributed by atoms with van der Waals surface area (Å²) < 4.78 is 7.10. The third-order valence-electron chi connectivity index (χ3n) is 6.64. The quantitative estimate of drug-likeness (QED) is 0.665. The number of nitrogens with zero attached hydrogens (tertiary/aromatic N) is 8. The Morgan fingerprint density at radius 3 is 2.78 bits per heavy atom. The smallest absolute Gasteiger partial charge is 0.416 e. The molecule has 11 nitrogen and oxygen atoms in total. The van der Waals surface area contributed by atoms with E-state index in [2.05, 4.69) is 41.5 Å². The number of cyclic esters (lactones) is 1. The molecule has 1 saturated heterocycles. The number of amides is 1.